The van der Waals surface area contributed by atoms with Crippen LogP contribution in [0.3, 0.4) is 0 Å². The molecule has 3 heteroatoms. The number of methoxy groups -OCH3 is 1. The van der Waals surface area contributed by atoms with Gasteiger partial charge in [-0.1, -0.05) is 97.1 Å². The molecule has 5 aromatic carbocycles. The van der Waals surface area contributed by atoms with E-state index in [0.717, 1.165) is 49.4 Å². The lowest BCUT2D eigenvalue weighted by Gasteiger charge is -2.23. The highest BCUT2D eigenvalue weighted by molar-refractivity contribution is 7.98. The first-order valence-corrected chi connectivity index (χ1v) is 12.5. The van der Waals surface area contributed by atoms with Crippen molar-refractivity contribution in [1.82, 2.24) is 0 Å². The molecule has 0 atom stereocenters. The lowest BCUT2D eigenvalue weighted by atomic mass is 9.83. The minimum absolute atomic E-state index is 0.304. The minimum Gasteiger partial charge on any atom is -0.465 e. The Morgan fingerprint density at radius 3 is 1.76 bits per heavy atom. The van der Waals surface area contributed by atoms with E-state index in [-0.39, 0.29) is 5.97 Å². The summed E-state index contributed by atoms with van der Waals surface area (Å²) in [7, 11) is 1.47. The maximum Gasteiger partial charge on any atom is 0.339 e. The van der Waals surface area contributed by atoms with Crippen molar-refractivity contribution >= 4 is 28.5 Å². The second kappa shape index (κ2) is 8.19. The molecule has 0 aromatic heterocycles. The summed E-state index contributed by atoms with van der Waals surface area (Å²) in [5.74, 6) is -0.304. The van der Waals surface area contributed by atoms with E-state index in [1.807, 2.05) is 18.4 Å². The van der Waals surface area contributed by atoms with Crippen LogP contribution in [0, 0.1) is 0 Å². The Morgan fingerprint density at radius 1 is 0.647 bits per heavy atom. The molecular formula is C31H22O2S. The zero-order valence-electron chi connectivity index (χ0n) is 19.0. The molecule has 0 saturated heterocycles. The molecule has 0 fully saturated rings. The van der Waals surface area contributed by atoms with Gasteiger partial charge in [-0.05, 0) is 50.4 Å². The first-order valence-electron chi connectivity index (χ1n) is 11.2. The molecule has 2 nitrogen and oxygen atoms in total. The third-order valence-electron chi connectivity index (χ3n) is 6.62. The van der Waals surface area contributed by atoms with Crippen molar-refractivity contribution in [2.75, 3.05) is 13.4 Å². The van der Waals surface area contributed by atoms with E-state index in [2.05, 4.69) is 84.9 Å². The fourth-order valence-corrected chi connectivity index (χ4v) is 6.11. The van der Waals surface area contributed by atoms with Crippen molar-refractivity contribution in [2.24, 2.45) is 0 Å². The number of benzene rings is 5. The van der Waals surface area contributed by atoms with Crippen LogP contribution in [0.4, 0.5) is 0 Å². The number of carbonyl (C=O) groups excluding carboxylic acids is 1. The first kappa shape index (κ1) is 20.8. The summed E-state index contributed by atoms with van der Waals surface area (Å²) in [6.07, 6.45) is 2.04. The molecule has 0 spiro atoms. The van der Waals surface area contributed by atoms with Gasteiger partial charge in [-0.2, -0.15) is 0 Å². The number of thioether (sulfide) groups is 1. The maximum atomic E-state index is 13.4. The molecule has 0 heterocycles. The van der Waals surface area contributed by atoms with E-state index in [1.165, 1.54) is 17.9 Å². The van der Waals surface area contributed by atoms with Gasteiger partial charge in [-0.25, -0.2) is 4.79 Å². The molecule has 5 aromatic rings. The molecule has 0 saturated carbocycles. The Hall–Kier alpha value is -3.82. The second-order valence-corrected chi connectivity index (χ2v) is 9.16. The van der Waals surface area contributed by atoms with Crippen LogP contribution >= 0.6 is 11.8 Å². The van der Waals surface area contributed by atoms with Gasteiger partial charge in [0, 0.05) is 16.0 Å². The highest BCUT2D eigenvalue weighted by Crippen LogP contribution is 2.57. The van der Waals surface area contributed by atoms with Gasteiger partial charge in [0.05, 0.1) is 12.7 Å². The standard InChI is InChI=1S/C31H22O2S/c1-33-31(32)29-28-23-18-10-16-19-15-9-17-22(24(19)23)27(28)25(20-11-5-3-6-12-20)26(30(29)34-2)21-13-7-4-8-14-21/h3-18H,1-2H3. The Bertz CT molecular complexity index is 1570. The molecule has 34 heavy (non-hydrogen) atoms. The zero-order chi connectivity index (χ0) is 23.2. The Morgan fingerprint density at radius 2 is 1.21 bits per heavy atom. The number of hydrogen-bond acceptors (Lipinski definition) is 3. The molecule has 1 aliphatic carbocycles. The maximum absolute atomic E-state index is 13.4. The second-order valence-electron chi connectivity index (χ2n) is 8.34. The van der Waals surface area contributed by atoms with Crippen molar-refractivity contribution in [1.29, 1.82) is 0 Å². The minimum atomic E-state index is -0.304. The predicted octanol–water partition coefficient (Wildman–Crippen LogP) is 8.33. The van der Waals surface area contributed by atoms with Gasteiger partial charge in [0.25, 0.3) is 0 Å². The summed E-state index contributed by atoms with van der Waals surface area (Å²) in [6.45, 7) is 0. The number of hydrogen-bond donors (Lipinski definition) is 0. The fourth-order valence-electron chi connectivity index (χ4n) is 5.30. The van der Waals surface area contributed by atoms with Crippen molar-refractivity contribution in [2.45, 2.75) is 4.90 Å². The molecule has 0 amide bonds. The number of fused-ring (bicyclic) bond motifs is 3. The number of esters is 1. The topological polar surface area (TPSA) is 26.3 Å². The zero-order valence-corrected chi connectivity index (χ0v) is 19.8. The Kier molecular flexibility index (Phi) is 5.00. The summed E-state index contributed by atoms with van der Waals surface area (Å²) in [5, 5.41) is 2.37. The van der Waals surface area contributed by atoms with Gasteiger partial charge in [0.1, 0.15) is 0 Å². The van der Waals surface area contributed by atoms with Gasteiger partial charge < -0.3 is 4.74 Å². The van der Waals surface area contributed by atoms with Crippen LogP contribution in [0.5, 0.6) is 0 Å². The highest BCUT2D eigenvalue weighted by Gasteiger charge is 2.35. The number of rotatable bonds is 4. The summed E-state index contributed by atoms with van der Waals surface area (Å²) < 4.78 is 5.38. The third-order valence-corrected chi connectivity index (χ3v) is 7.43. The summed E-state index contributed by atoms with van der Waals surface area (Å²) in [4.78, 5) is 14.4. The molecule has 6 rings (SSSR count). The van der Waals surface area contributed by atoms with E-state index < -0.39 is 0 Å². The fraction of sp³-hybridized carbons (Fsp3) is 0.0645. The number of carbonyl (C=O) groups is 1. The highest BCUT2D eigenvalue weighted by atomic mass is 32.2. The molecule has 0 radical (unpaired) electrons. The van der Waals surface area contributed by atoms with Crippen LogP contribution in [0.15, 0.2) is 102 Å². The van der Waals surface area contributed by atoms with E-state index in [9.17, 15) is 4.79 Å². The van der Waals surface area contributed by atoms with Crippen molar-refractivity contribution in [3.63, 3.8) is 0 Å². The van der Waals surface area contributed by atoms with Crippen molar-refractivity contribution in [3.05, 3.63) is 103 Å². The molecule has 164 valence electrons. The van der Waals surface area contributed by atoms with E-state index in [0.29, 0.717) is 5.56 Å². The van der Waals surface area contributed by atoms with Gasteiger partial charge in [-0.15, -0.1) is 11.8 Å². The van der Waals surface area contributed by atoms with Crippen LogP contribution in [0.1, 0.15) is 10.4 Å². The third kappa shape index (κ3) is 2.94. The van der Waals surface area contributed by atoms with Gasteiger partial charge in [-0.3, -0.25) is 0 Å². The van der Waals surface area contributed by atoms with E-state index in [1.54, 1.807) is 11.8 Å². The summed E-state index contributed by atoms with van der Waals surface area (Å²) in [6, 6.07) is 33.7. The Balaban J connectivity index is 1.90. The largest absolute Gasteiger partial charge is 0.465 e. The van der Waals surface area contributed by atoms with Crippen LogP contribution < -0.4 is 0 Å². The summed E-state index contributed by atoms with van der Waals surface area (Å²) >= 11 is 1.60. The van der Waals surface area contributed by atoms with Crippen LogP contribution in [0.2, 0.25) is 0 Å². The smallest absolute Gasteiger partial charge is 0.339 e. The van der Waals surface area contributed by atoms with Crippen molar-refractivity contribution in [3.8, 4) is 44.5 Å². The number of ether oxygens (including phenoxy) is 1. The van der Waals surface area contributed by atoms with Crippen LogP contribution in [-0.2, 0) is 4.74 Å². The van der Waals surface area contributed by atoms with Crippen LogP contribution in [0.25, 0.3) is 55.3 Å². The summed E-state index contributed by atoms with van der Waals surface area (Å²) in [5.41, 5.74) is 9.43. The average molecular weight is 459 g/mol. The quantitative estimate of drug-likeness (QED) is 0.196. The Labute approximate surface area is 203 Å². The van der Waals surface area contributed by atoms with Crippen molar-refractivity contribution < 1.29 is 9.53 Å². The van der Waals surface area contributed by atoms with Gasteiger partial charge >= 0.3 is 5.97 Å². The SMILES string of the molecule is COC(=O)c1c(SC)c(-c2ccccc2)c(-c2ccccc2)c2c1-c1cccc3cccc-2c13. The van der Waals surface area contributed by atoms with Crippen LogP contribution in [-0.4, -0.2) is 19.3 Å². The first-order chi connectivity index (χ1) is 16.7. The molecule has 0 unspecified atom stereocenters. The van der Waals surface area contributed by atoms with E-state index in [4.69, 9.17) is 4.74 Å². The molecule has 1 aliphatic rings. The lowest BCUT2D eigenvalue weighted by molar-refractivity contribution is 0.0598. The monoisotopic (exact) mass is 458 g/mol. The average Bonchev–Trinajstić information content (AvgIpc) is 3.23. The lowest BCUT2D eigenvalue weighted by Crippen LogP contribution is -2.08. The predicted molar refractivity (Wildman–Crippen MR) is 142 cm³/mol. The van der Waals surface area contributed by atoms with E-state index >= 15 is 0 Å². The van der Waals surface area contributed by atoms with Gasteiger partial charge in [0.2, 0.25) is 0 Å². The molecule has 0 N–H and O–H groups in total. The normalized spacial score (nSPS) is 11.5. The molecule has 0 bridgehead atoms. The van der Waals surface area contributed by atoms with Gasteiger partial charge in [0.15, 0.2) is 0 Å². The molecule has 0 aliphatic heterocycles. The molecular weight excluding hydrogens is 436 g/mol.